The molecule has 1 aromatic carbocycles. The summed E-state index contributed by atoms with van der Waals surface area (Å²) in [6, 6.07) is 8.29. The number of aromatic amines is 1. The van der Waals surface area contributed by atoms with Crippen molar-refractivity contribution in [2.24, 2.45) is 0 Å². The summed E-state index contributed by atoms with van der Waals surface area (Å²) in [5.74, 6) is -0.584. The maximum atomic E-state index is 12.2. The summed E-state index contributed by atoms with van der Waals surface area (Å²) in [4.78, 5) is 26.7. The molecule has 5 nitrogen and oxygen atoms in total. The molecule has 1 aromatic heterocycles. The van der Waals surface area contributed by atoms with E-state index in [9.17, 15) is 9.59 Å². The van der Waals surface area contributed by atoms with Crippen LogP contribution in [0, 0.1) is 0 Å². The zero-order valence-corrected chi connectivity index (χ0v) is 11.3. The third-order valence-corrected chi connectivity index (χ3v) is 2.92. The monoisotopic (exact) mass is 273 g/mol. The number of hydrogen-bond donors (Lipinski definition) is 1. The summed E-state index contributed by atoms with van der Waals surface area (Å²) in [5.41, 5.74) is 2.01. The van der Waals surface area contributed by atoms with Crippen molar-refractivity contribution in [1.82, 2.24) is 4.98 Å². The van der Waals surface area contributed by atoms with Crippen molar-refractivity contribution >= 4 is 11.8 Å². The molecule has 2 rings (SSSR count). The highest BCUT2D eigenvalue weighted by Gasteiger charge is 2.16. The number of nitrogens with one attached hydrogen (secondary N) is 1. The van der Waals surface area contributed by atoms with Gasteiger partial charge in [-0.25, -0.2) is 4.79 Å². The van der Waals surface area contributed by atoms with Gasteiger partial charge in [0.25, 0.3) is 0 Å². The molecular formula is C15H15NO4. The van der Waals surface area contributed by atoms with Crippen molar-refractivity contribution in [3.05, 3.63) is 58.9 Å². The van der Waals surface area contributed by atoms with Gasteiger partial charge in [-0.1, -0.05) is 6.07 Å². The molecule has 0 spiro atoms. The number of H-pyrrole nitrogens is 1. The SMILES string of the molecule is COCc1cc(C(=O)c2ccc[nH]2)ccc1C(=O)OC. The molecule has 0 amide bonds. The van der Waals surface area contributed by atoms with E-state index in [0.29, 0.717) is 22.4 Å². The second-order valence-corrected chi connectivity index (χ2v) is 4.21. The summed E-state index contributed by atoms with van der Waals surface area (Å²) < 4.78 is 9.77. The molecule has 0 aliphatic carbocycles. The molecule has 2 aromatic rings. The number of benzene rings is 1. The van der Waals surface area contributed by atoms with Crippen LogP contribution in [0.1, 0.15) is 32.0 Å². The smallest absolute Gasteiger partial charge is 0.338 e. The van der Waals surface area contributed by atoms with E-state index in [1.54, 1.807) is 36.5 Å². The van der Waals surface area contributed by atoms with Crippen LogP contribution in [0.3, 0.4) is 0 Å². The summed E-state index contributed by atoms with van der Waals surface area (Å²) in [6.45, 7) is 0.232. The van der Waals surface area contributed by atoms with Gasteiger partial charge in [-0.2, -0.15) is 0 Å². The lowest BCUT2D eigenvalue weighted by molar-refractivity contribution is 0.0595. The first-order valence-electron chi connectivity index (χ1n) is 6.05. The lowest BCUT2D eigenvalue weighted by Crippen LogP contribution is -2.09. The number of ether oxygens (including phenoxy) is 2. The number of ketones is 1. The van der Waals surface area contributed by atoms with E-state index in [1.165, 1.54) is 14.2 Å². The number of rotatable bonds is 5. The highest BCUT2D eigenvalue weighted by Crippen LogP contribution is 2.17. The Morgan fingerprint density at radius 1 is 1.20 bits per heavy atom. The average molecular weight is 273 g/mol. The Labute approximate surface area is 116 Å². The normalized spacial score (nSPS) is 10.3. The van der Waals surface area contributed by atoms with E-state index >= 15 is 0 Å². The molecule has 1 heterocycles. The van der Waals surface area contributed by atoms with E-state index in [0.717, 1.165) is 0 Å². The zero-order chi connectivity index (χ0) is 14.5. The Morgan fingerprint density at radius 2 is 2.00 bits per heavy atom. The largest absolute Gasteiger partial charge is 0.465 e. The maximum absolute atomic E-state index is 12.2. The van der Waals surface area contributed by atoms with Gasteiger partial charge in [0.05, 0.1) is 25.0 Å². The highest BCUT2D eigenvalue weighted by molar-refractivity contribution is 6.08. The van der Waals surface area contributed by atoms with Crippen LogP contribution in [0.4, 0.5) is 0 Å². The van der Waals surface area contributed by atoms with E-state index in [2.05, 4.69) is 4.98 Å². The maximum Gasteiger partial charge on any atom is 0.338 e. The van der Waals surface area contributed by atoms with E-state index in [-0.39, 0.29) is 12.4 Å². The predicted molar refractivity (Wildman–Crippen MR) is 72.7 cm³/mol. The summed E-state index contributed by atoms with van der Waals surface area (Å²) in [7, 11) is 2.84. The second kappa shape index (κ2) is 6.16. The second-order valence-electron chi connectivity index (χ2n) is 4.21. The molecule has 1 N–H and O–H groups in total. The quantitative estimate of drug-likeness (QED) is 0.669. The van der Waals surface area contributed by atoms with Gasteiger partial charge in [0, 0.05) is 18.9 Å². The molecule has 0 bridgehead atoms. The van der Waals surface area contributed by atoms with E-state index in [1.807, 2.05) is 0 Å². The Hall–Kier alpha value is -2.40. The van der Waals surface area contributed by atoms with Crippen LogP contribution in [0.15, 0.2) is 36.5 Å². The predicted octanol–water partition coefficient (Wildman–Crippen LogP) is 2.18. The van der Waals surface area contributed by atoms with Crippen LogP contribution < -0.4 is 0 Å². The molecule has 0 aliphatic rings. The van der Waals surface area contributed by atoms with Crippen molar-refractivity contribution in [2.45, 2.75) is 6.61 Å². The topological polar surface area (TPSA) is 68.4 Å². The first-order chi connectivity index (χ1) is 9.67. The molecule has 0 radical (unpaired) electrons. The molecule has 0 unspecified atom stereocenters. The Kier molecular flexibility index (Phi) is 4.32. The van der Waals surface area contributed by atoms with Gasteiger partial charge in [0.1, 0.15) is 0 Å². The lowest BCUT2D eigenvalue weighted by atomic mass is 10.0. The van der Waals surface area contributed by atoms with Crippen molar-refractivity contribution in [3.8, 4) is 0 Å². The summed E-state index contributed by atoms with van der Waals surface area (Å²) in [6.07, 6.45) is 1.69. The first-order valence-corrected chi connectivity index (χ1v) is 6.05. The molecular weight excluding hydrogens is 258 g/mol. The fraction of sp³-hybridized carbons (Fsp3) is 0.200. The van der Waals surface area contributed by atoms with Gasteiger partial charge >= 0.3 is 5.97 Å². The summed E-state index contributed by atoms with van der Waals surface area (Å²) >= 11 is 0. The fourth-order valence-electron chi connectivity index (χ4n) is 1.95. The number of carbonyl (C=O) groups excluding carboxylic acids is 2. The van der Waals surface area contributed by atoms with Crippen molar-refractivity contribution in [3.63, 3.8) is 0 Å². The van der Waals surface area contributed by atoms with Gasteiger partial charge < -0.3 is 14.5 Å². The third-order valence-electron chi connectivity index (χ3n) is 2.92. The molecule has 0 fully saturated rings. The van der Waals surface area contributed by atoms with Crippen molar-refractivity contribution in [2.75, 3.05) is 14.2 Å². The molecule has 5 heteroatoms. The van der Waals surface area contributed by atoms with Crippen LogP contribution in [0.5, 0.6) is 0 Å². The number of esters is 1. The fourth-order valence-corrected chi connectivity index (χ4v) is 1.95. The molecule has 0 atom stereocenters. The van der Waals surface area contributed by atoms with Gasteiger partial charge in [-0.05, 0) is 29.8 Å². The Balaban J connectivity index is 2.39. The first kappa shape index (κ1) is 14.0. The van der Waals surface area contributed by atoms with E-state index < -0.39 is 5.97 Å². The molecule has 20 heavy (non-hydrogen) atoms. The van der Waals surface area contributed by atoms with Crippen LogP contribution >= 0.6 is 0 Å². The minimum atomic E-state index is -0.448. The molecule has 0 saturated carbocycles. The van der Waals surface area contributed by atoms with Crippen LogP contribution in [0.25, 0.3) is 0 Å². The van der Waals surface area contributed by atoms with Gasteiger partial charge in [-0.15, -0.1) is 0 Å². The summed E-state index contributed by atoms with van der Waals surface area (Å²) in [5, 5.41) is 0. The van der Waals surface area contributed by atoms with Gasteiger partial charge in [0.15, 0.2) is 0 Å². The number of methoxy groups -OCH3 is 2. The third kappa shape index (κ3) is 2.78. The zero-order valence-electron chi connectivity index (χ0n) is 11.3. The van der Waals surface area contributed by atoms with Crippen molar-refractivity contribution < 1.29 is 19.1 Å². The number of hydrogen-bond acceptors (Lipinski definition) is 4. The molecule has 104 valence electrons. The minimum absolute atomic E-state index is 0.135. The Bertz CT molecular complexity index is 617. The average Bonchev–Trinajstić information content (AvgIpc) is 3.00. The number of carbonyl (C=O) groups is 2. The van der Waals surface area contributed by atoms with Crippen molar-refractivity contribution in [1.29, 1.82) is 0 Å². The minimum Gasteiger partial charge on any atom is -0.465 e. The van der Waals surface area contributed by atoms with Crippen LogP contribution in [0.2, 0.25) is 0 Å². The lowest BCUT2D eigenvalue weighted by Gasteiger charge is -2.09. The molecule has 0 saturated heterocycles. The Morgan fingerprint density at radius 3 is 2.60 bits per heavy atom. The van der Waals surface area contributed by atoms with Gasteiger partial charge in [-0.3, -0.25) is 4.79 Å². The standard InChI is InChI=1S/C15H15NO4/c1-19-9-11-8-10(5-6-12(11)15(18)20-2)14(17)13-4-3-7-16-13/h3-8,16H,9H2,1-2H3. The highest BCUT2D eigenvalue weighted by atomic mass is 16.5. The van der Waals surface area contributed by atoms with Gasteiger partial charge in [0.2, 0.25) is 5.78 Å². The van der Waals surface area contributed by atoms with Crippen LogP contribution in [-0.2, 0) is 16.1 Å². The number of aromatic nitrogens is 1. The van der Waals surface area contributed by atoms with Crippen LogP contribution in [-0.4, -0.2) is 31.0 Å². The van der Waals surface area contributed by atoms with E-state index in [4.69, 9.17) is 9.47 Å². The molecule has 0 aliphatic heterocycles.